The van der Waals surface area contributed by atoms with E-state index in [1.807, 2.05) is 12.3 Å². The highest BCUT2D eigenvalue weighted by molar-refractivity contribution is 5.65. The summed E-state index contributed by atoms with van der Waals surface area (Å²) >= 11 is 0. The number of carboxylic acid groups (broad SMARTS) is 1. The van der Waals surface area contributed by atoms with Gasteiger partial charge in [-0.05, 0) is 36.8 Å². The molecule has 2 fully saturated rings. The summed E-state index contributed by atoms with van der Waals surface area (Å²) in [5.74, 6) is 0. The van der Waals surface area contributed by atoms with E-state index in [1.165, 1.54) is 5.69 Å². The highest BCUT2D eigenvalue weighted by Gasteiger charge is 2.42. The van der Waals surface area contributed by atoms with Crippen molar-refractivity contribution in [3.63, 3.8) is 0 Å². The molecule has 1 aromatic heterocycles. The van der Waals surface area contributed by atoms with Gasteiger partial charge in [0, 0.05) is 32.4 Å². The van der Waals surface area contributed by atoms with Crippen molar-refractivity contribution in [2.45, 2.75) is 19.3 Å². The van der Waals surface area contributed by atoms with Gasteiger partial charge in [-0.25, -0.2) is 4.79 Å². The Morgan fingerprint density at radius 1 is 1.26 bits per heavy atom. The van der Waals surface area contributed by atoms with Gasteiger partial charge in [-0.2, -0.15) is 0 Å². The van der Waals surface area contributed by atoms with Crippen molar-refractivity contribution in [1.82, 2.24) is 9.88 Å². The molecule has 0 aromatic carbocycles. The van der Waals surface area contributed by atoms with Crippen molar-refractivity contribution in [2.75, 3.05) is 31.1 Å². The molecular formula is C14H19N3O2. The van der Waals surface area contributed by atoms with Gasteiger partial charge in [0.15, 0.2) is 0 Å². The van der Waals surface area contributed by atoms with E-state index in [0.717, 1.165) is 32.4 Å². The maximum Gasteiger partial charge on any atom is 0.407 e. The Hall–Kier alpha value is -1.78. The third-order valence-corrected chi connectivity index (χ3v) is 4.54. The van der Waals surface area contributed by atoms with E-state index in [1.54, 1.807) is 11.1 Å². The van der Waals surface area contributed by atoms with Crippen molar-refractivity contribution < 1.29 is 9.90 Å². The first-order valence-corrected chi connectivity index (χ1v) is 6.81. The van der Waals surface area contributed by atoms with Gasteiger partial charge in [-0.3, -0.25) is 4.98 Å². The molecule has 3 rings (SSSR count). The molecule has 2 aliphatic heterocycles. The second kappa shape index (κ2) is 4.72. The van der Waals surface area contributed by atoms with Crippen LogP contribution in [0.2, 0.25) is 0 Å². The lowest BCUT2D eigenvalue weighted by atomic mass is 9.77. The highest BCUT2D eigenvalue weighted by atomic mass is 16.4. The summed E-state index contributed by atoms with van der Waals surface area (Å²) in [6.07, 6.45) is 6.08. The summed E-state index contributed by atoms with van der Waals surface area (Å²) < 4.78 is 0. The molecule has 1 spiro atoms. The van der Waals surface area contributed by atoms with E-state index in [4.69, 9.17) is 5.11 Å². The van der Waals surface area contributed by atoms with Crippen LogP contribution in [0.1, 0.15) is 19.3 Å². The minimum Gasteiger partial charge on any atom is -0.465 e. The second-order valence-corrected chi connectivity index (χ2v) is 5.65. The van der Waals surface area contributed by atoms with Crippen LogP contribution >= 0.6 is 0 Å². The normalized spacial score (nSPS) is 21.9. The number of likely N-dealkylation sites (tertiary alicyclic amines) is 1. The Balaban J connectivity index is 1.63. The van der Waals surface area contributed by atoms with Crippen LogP contribution in [-0.4, -0.2) is 47.3 Å². The third kappa shape index (κ3) is 2.37. The van der Waals surface area contributed by atoms with Crippen LogP contribution < -0.4 is 4.90 Å². The molecule has 1 aromatic rings. The molecule has 3 heterocycles. The topological polar surface area (TPSA) is 56.7 Å². The Morgan fingerprint density at radius 3 is 2.58 bits per heavy atom. The second-order valence-electron chi connectivity index (χ2n) is 5.65. The minimum atomic E-state index is -0.772. The van der Waals surface area contributed by atoms with Crippen LogP contribution in [0, 0.1) is 5.41 Å². The fourth-order valence-corrected chi connectivity index (χ4v) is 3.29. The standard InChI is InChI=1S/C14H19N3O2/c18-13(19)17-9-5-14(11-17)3-7-16(8-4-14)12-2-1-6-15-10-12/h1-2,6,10H,3-5,7-9,11H2,(H,18,19). The van der Waals surface area contributed by atoms with Gasteiger partial charge >= 0.3 is 6.09 Å². The van der Waals surface area contributed by atoms with Crippen LogP contribution in [0.15, 0.2) is 24.5 Å². The van der Waals surface area contributed by atoms with Gasteiger partial charge in [0.1, 0.15) is 0 Å². The molecule has 102 valence electrons. The van der Waals surface area contributed by atoms with E-state index in [2.05, 4.69) is 16.0 Å². The van der Waals surface area contributed by atoms with Crippen LogP contribution in [0.5, 0.6) is 0 Å². The zero-order valence-electron chi connectivity index (χ0n) is 11.0. The summed E-state index contributed by atoms with van der Waals surface area (Å²) in [6.45, 7) is 3.41. The van der Waals surface area contributed by atoms with Crippen LogP contribution in [0.3, 0.4) is 0 Å². The molecule has 0 aliphatic carbocycles. The molecule has 0 unspecified atom stereocenters. The monoisotopic (exact) mass is 261 g/mol. The first-order chi connectivity index (χ1) is 9.19. The number of nitrogens with zero attached hydrogens (tertiary/aromatic N) is 3. The molecule has 0 bridgehead atoms. The number of aromatic nitrogens is 1. The van der Waals surface area contributed by atoms with Gasteiger partial charge in [0.05, 0.1) is 11.9 Å². The zero-order valence-corrected chi connectivity index (χ0v) is 11.0. The van der Waals surface area contributed by atoms with Crippen molar-refractivity contribution in [1.29, 1.82) is 0 Å². The predicted molar refractivity (Wildman–Crippen MR) is 72.3 cm³/mol. The Morgan fingerprint density at radius 2 is 2.00 bits per heavy atom. The number of anilines is 1. The van der Waals surface area contributed by atoms with E-state index in [-0.39, 0.29) is 5.41 Å². The van der Waals surface area contributed by atoms with E-state index < -0.39 is 6.09 Å². The smallest absolute Gasteiger partial charge is 0.407 e. The summed E-state index contributed by atoms with van der Waals surface area (Å²) in [5, 5.41) is 9.06. The molecule has 2 aliphatic rings. The number of pyridine rings is 1. The van der Waals surface area contributed by atoms with Crippen LogP contribution in [-0.2, 0) is 0 Å². The molecule has 5 heteroatoms. The summed E-state index contributed by atoms with van der Waals surface area (Å²) in [7, 11) is 0. The Labute approximate surface area is 112 Å². The van der Waals surface area contributed by atoms with Gasteiger partial charge in [0.2, 0.25) is 0 Å². The summed E-state index contributed by atoms with van der Waals surface area (Å²) in [5.41, 5.74) is 1.39. The van der Waals surface area contributed by atoms with Gasteiger partial charge in [-0.1, -0.05) is 0 Å². The number of amides is 1. The van der Waals surface area contributed by atoms with Crippen molar-refractivity contribution in [3.8, 4) is 0 Å². The van der Waals surface area contributed by atoms with Gasteiger partial charge in [-0.15, -0.1) is 0 Å². The molecule has 0 radical (unpaired) electrons. The van der Waals surface area contributed by atoms with Crippen molar-refractivity contribution >= 4 is 11.8 Å². The lowest BCUT2D eigenvalue weighted by molar-refractivity contribution is 0.144. The SMILES string of the molecule is O=C(O)N1CCC2(CCN(c3cccnc3)CC2)C1. The van der Waals surface area contributed by atoms with E-state index in [0.29, 0.717) is 13.1 Å². The molecule has 19 heavy (non-hydrogen) atoms. The van der Waals surface area contributed by atoms with Gasteiger partial charge < -0.3 is 14.9 Å². The zero-order chi connectivity index (χ0) is 13.3. The number of hydrogen-bond donors (Lipinski definition) is 1. The molecule has 0 atom stereocenters. The fraction of sp³-hybridized carbons (Fsp3) is 0.571. The largest absolute Gasteiger partial charge is 0.465 e. The van der Waals surface area contributed by atoms with Crippen LogP contribution in [0.25, 0.3) is 0 Å². The molecule has 0 saturated carbocycles. The maximum atomic E-state index is 11.0. The summed E-state index contributed by atoms with van der Waals surface area (Å²) in [4.78, 5) is 19.1. The average molecular weight is 261 g/mol. The maximum absolute atomic E-state index is 11.0. The number of rotatable bonds is 1. The predicted octanol–water partition coefficient (Wildman–Crippen LogP) is 2.05. The molecular weight excluding hydrogens is 242 g/mol. The lowest BCUT2D eigenvalue weighted by Crippen LogP contribution is -2.42. The number of hydrogen-bond acceptors (Lipinski definition) is 3. The fourth-order valence-electron chi connectivity index (χ4n) is 3.29. The highest BCUT2D eigenvalue weighted by Crippen LogP contribution is 2.41. The Bertz CT molecular complexity index is 455. The van der Waals surface area contributed by atoms with Crippen LogP contribution in [0.4, 0.5) is 10.5 Å². The van der Waals surface area contributed by atoms with E-state index in [9.17, 15) is 4.79 Å². The quantitative estimate of drug-likeness (QED) is 0.840. The first-order valence-electron chi connectivity index (χ1n) is 6.81. The number of carbonyl (C=O) groups is 1. The van der Waals surface area contributed by atoms with Crippen molar-refractivity contribution in [3.05, 3.63) is 24.5 Å². The first kappa shape index (κ1) is 12.3. The lowest BCUT2D eigenvalue weighted by Gasteiger charge is -2.40. The molecule has 1 N–H and O–H groups in total. The molecule has 1 amide bonds. The summed E-state index contributed by atoms with van der Waals surface area (Å²) in [6, 6.07) is 4.05. The third-order valence-electron chi connectivity index (χ3n) is 4.54. The van der Waals surface area contributed by atoms with Crippen molar-refractivity contribution in [2.24, 2.45) is 5.41 Å². The molecule has 5 nitrogen and oxygen atoms in total. The van der Waals surface area contributed by atoms with E-state index >= 15 is 0 Å². The average Bonchev–Trinajstić information content (AvgIpc) is 2.85. The number of piperidine rings is 1. The van der Waals surface area contributed by atoms with Gasteiger partial charge in [0.25, 0.3) is 0 Å². The Kier molecular flexibility index (Phi) is 3.05. The molecule has 2 saturated heterocycles. The minimum absolute atomic E-state index is 0.219.